The van der Waals surface area contributed by atoms with Crippen molar-refractivity contribution >= 4 is 35.1 Å². The molecule has 0 heterocycles. The van der Waals surface area contributed by atoms with Crippen molar-refractivity contribution in [2.24, 2.45) is 0 Å². The van der Waals surface area contributed by atoms with Crippen molar-refractivity contribution in [3.05, 3.63) is 45.5 Å². The number of aryl methyl sites for hydroxylation is 1. The molecular weight excluding hydrogens is 315 g/mol. The van der Waals surface area contributed by atoms with Gasteiger partial charge in [0.05, 0.1) is 15.6 Å². The maximum absolute atomic E-state index is 12.0. The first-order valence-corrected chi connectivity index (χ1v) is 6.97. The van der Waals surface area contributed by atoms with Crippen molar-refractivity contribution in [3.8, 4) is 0 Å². The molecule has 0 saturated heterocycles. The van der Waals surface area contributed by atoms with Gasteiger partial charge >= 0.3 is 11.9 Å². The lowest BCUT2D eigenvalue weighted by Gasteiger charge is -2.15. The summed E-state index contributed by atoms with van der Waals surface area (Å²) in [6.45, 7) is 8.31. The molecule has 1 rings (SSSR count). The van der Waals surface area contributed by atoms with Crippen molar-refractivity contribution in [2.45, 2.75) is 26.9 Å². The third kappa shape index (κ3) is 5.06. The first-order chi connectivity index (χ1) is 9.72. The van der Waals surface area contributed by atoms with Gasteiger partial charge in [0, 0.05) is 5.57 Å². The normalized spacial score (nSPS) is 11.7. The zero-order valence-corrected chi connectivity index (χ0v) is 13.5. The molecule has 0 aliphatic carbocycles. The van der Waals surface area contributed by atoms with Gasteiger partial charge in [0.1, 0.15) is 12.7 Å². The molecule has 0 N–H and O–H groups in total. The summed E-state index contributed by atoms with van der Waals surface area (Å²) in [6, 6.07) is 3.04. The standard InChI is InChI=1S/C15H16Cl2O4/c1-8(2)14(18)20-7-10(4)21-15(19)11-6-13(17)12(16)5-9(11)3/h5-6,10H,1,7H2,2-4H3. The fourth-order valence-corrected chi connectivity index (χ4v) is 1.84. The van der Waals surface area contributed by atoms with Crippen LogP contribution in [0.25, 0.3) is 0 Å². The zero-order chi connectivity index (χ0) is 16.2. The van der Waals surface area contributed by atoms with E-state index in [0.29, 0.717) is 16.1 Å². The molecule has 4 nitrogen and oxygen atoms in total. The summed E-state index contributed by atoms with van der Waals surface area (Å²) in [7, 11) is 0. The van der Waals surface area contributed by atoms with E-state index in [0.717, 1.165) is 0 Å². The molecule has 0 amide bonds. The average Bonchev–Trinajstić information content (AvgIpc) is 2.39. The fraction of sp³-hybridized carbons (Fsp3) is 0.333. The number of carbonyl (C=O) groups is 2. The van der Waals surface area contributed by atoms with Gasteiger partial charge in [0.15, 0.2) is 0 Å². The van der Waals surface area contributed by atoms with Gasteiger partial charge in [-0.15, -0.1) is 0 Å². The number of halogens is 2. The summed E-state index contributed by atoms with van der Waals surface area (Å²) in [6.07, 6.45) is -0.588. The van der Waals surface area contributed by atoms with Crippen LogP contribution >= 0.6 is 23.2 Å². The van der Waals surface area contributed by atoms with E-state index in [9.17, 15) is 9.59 Å². The first kappa shape index (κ1) is 17.5. The highest BCUT2D eigenvalue weighted by Crippen LogP contribution is 2.26. The number of benzene rings is 1. The highest BCUT2D eigenvalue weighted by Gasteiger charge is 2.17. The lowest BCUT2D eigenvalue weighted by atomic mass is 10.1. The van der Waals surface area contributed by atoms with E-state index in [1.165, 1.54) is 13.0 Å². The minimum atomic E-state index is -0.588. The van der Waals surface area contributed by atoms with Crippen molar-refractivity contribution < 1.29 is 19.1 Å². The van der Waals surface area contributed by atoms with Gasteiger partial charge in [0.25, 0.3) is 0 Å². The van der Waals surface area contributed by atoms with Crippen LogP contribution in [0, 0.1) is 6.92 Å². The summed E-state index contributed by atoms with van der Waals surface area (Å²) in [5, 5.41) is 0.643. The number of rotatable bonds is 5. The molecule has 1 unspecified atom stereocenters. The van der Waals surface area contributed by atoms with Gasteiger partial charge in [0.2, 0.25) is 0 Å². The van der Waals surface area contributed by atoms with E-state index in [1.54, 1.807) is 19.9 Å². The zero-order valence-electron chi connectivity index (χ0n) is 12.0. The molecule has 0 fully saturated rings. The SMILES string of the molecule is C=C(C)C(=O)OCC(C)OC(=O)c1cc(Cl)c(Cl)cc1C. The van der Waals surface area contributed by atoms with Crippen molar-refractivity contribution in [3.63, 3.8) is 0 Å². The molecule has 0 aromatic heterocycles. The van der Waals surface area contributed by atoms with E-state index in [1.807, 2.05) is 0 Å². The fourth-order valence-electron chi connectivity index (χ4n) is 1.46. The number of hydrogen-bond acceptors (Lipinski definition) is 4. The molecule has 1 atom stereocenters. The lowest BCUT2D eigenvalue weighted by molar-refractivity contribution is -0.141. The van der Waals surface area contributed by atoms with Crippen LogP contribution in [0.4, 0.5) is 0 Å². The number of esters is 2. The van der Waals surface area contributed by atoms with Crippen LogP contribution in [0.5, 0.6) is 0 Å². The van der Waals surface area contributed by atoms with Crippen molar-refractivity contribution in [1.82, 2.24) is 0 Å². The molecular formula is C15H16Cl2O4. The summed E-state index contributed by atoms with van der Waals surface area (Å²) in [4.78, 5) is 23.3. The van der Waals surface area contributed by atoms with Gasteiger partial charge in [-0.05, 0) is 38.5 Å². The average molecular weight is 331 g/mol. The molecule has 6 heteroatoms. The monoisotopic (exact) mass is 330 g/mol. The Bertz CT molecular complexity index is 581. The van der Waals surface area contributed by atoms with Crippen LogP contribution in [-0.2, 0) is 14.3 Å². The Morgan fingerprint density at radius 2 is 1.86 bits per heavy atom. The Morgan fingerprint density at radius 3 is 2.43 bits per heavy atom. The van der Waals surface area contributed by atoms with Crippen molar-refractivity contribution in [1.29, 1.82) is 0 Å². The Morgan fingerprint density at radius 1 is 1.29 bits per heavy atom. The van der Waals surface area contributed by atoms with Crippen LogP contribution in [-0.4, -0.2) is 24.6 Å². The topological polar surface area (TPSA) is 52.6 Å². The molecule has 1 aromatic rings. The van der Waals surface area contributed by atoms with E-state index >= 15 is 0 Å². The minimum absolute atomic E-state index is 0.0438. The summed E-state index contributed by atoms with van der Waals surface area (Å²) in [5.41, 5.74) is 1.26. The second kappa shape index (κ2) is 7.48. The Balaban J connectivity index is 2.67. The molecule has 0 radical (unpaired) electrons. The third-order valence-electron chi connectivity index (χ3n) is 2.59. The molecule has 21 heavy (non-hydrogen) atoms. The highest BCUT2D eigenvalue weighted by molar-refractivity contribution is 6.42. The van der Waals surface area contributed by atoms with Crippen LogP contribution in [0.1, 0.15) is 29.8 Å². The Kier molecular flexibility index (Phi) is 6.24. The summed E-state index contributed by atoms with van der Waals surface area (Å²) < 4.78 is 10.1. The molecule has 1 aromatic carbocycles. The van der Waals surface area contributed by atoms with E-state index in [-0.39, 0.29) is 17.2 Å². The second-order valence-electron chi connectivity index (χ2n) is 4.68. The van der Waals surface area contributed by atoms with Gasteiger partial charge in [-0.3, -0.25) is 0 Å². The van der Waals surface area contributed by atoms with E-state index in [4.69, 9.17) is 32.7 Å². The molecule has 0 aliphatic heterocycles. The second-order valence-corrected chi connectivity index (χ2v) is 5.49. The Labute approximate surface area is 133 Å². The molecule has 0 saturated carbocycles. The lowest BCUT2D eigenvalue weighted by Crippen LogP contribution is -2.23. The van der Waals surface area contributed by atoms with Crippen LogP contribution in [0.15, 0.2) is 24.3 Å². The van der Waals surface area contributed by atoms with Crippen molar-refractivity contribution in [2.75, 3.05) is 6.61 Å². The van der Waals surface area contributed by atoms with Crippen LogP contribution in [0.2, 0.25) is 10.0 Å². The van der Waals surface area contributed by atoms with Crippen LogP contribution < -0.4 is 0 Å². The minimum Gasteiger partial charge on any atom is -0.458 e. The molecule has 0 spiro atoms. The van der Waals surface area contributed by atoms with Gasteiger partial charge in [-0.1, -0.05) is 29.8 Å². The number of carbonyl (C=O) groups excluding carboxylic acids is 2. The smallest absolute Gasteiger partial charge is 0.338 e. The summed E-state index contributed by atoms with van der Waals surface area (Å²) in [5.74, 6) is -1.08. The highest BCUT2D eigenvalue weighted by atomic mass is 35.5. The van der Waals surface area contributed by atoms with Gasteiger partial charge < -0.3 is 9.47 Å². The number of hydrogen-bond donors (Lipinski definition) is 0. The van der Waals surface area contributed by atoms with E-state index < -0.39 is 18.0 Å². The van der Waals surface area contributed by atoms with Gasteiger partial charge in [-0.25, -0.2) is 9.59 Å². The number of ether oxygens (including phenoxy) is 2. The van der Waals surface area contributed by atoms with E-state index in [2.05, 4.69) is 6.58 Å². The Hall–Kier alpha value is -1.52. The first-order valence-electron chi connectivity index (χ1n) is 6.21. The summed E-state index contributed by atoms with van der Waals surface area (Å²) >= 11 is 11.7. The quantitative estimate of drug-likeness (QED) is 0.605. The molecule has 0 aliphatic rings. The van der Waals surface area contributed by atoms with Crippen LogP contribution in [0.3, 0.4) is 0 Å². The van der Waals surface area contributed by atoms with Gasteiger partial charge in [-0.2, -0.15) is 0 Å². The third-order valence-corrected chi connectivity index (χ3v) is 3.32. The molecule has 0 bridgehead atoms. The predicted molar refractivity (Wildman–Crippen MR) is 81.8 cm³/mol. The molecule has 114 valence electrons. The maximum Gasteiger partial charge on any atom is 0.338 e. The maximum atomic E-state index is 12.0. The predicted octanol–water partition coefficient (Wildman–Crippen LogP) is 3.97. The largest absolute Gasteiger partial charge is 0.458 e.